The summed E-state index contributed by atoms with van der Waals surface area (Å²) in [6.45, 7) is 4.97. The minimum atomic E-state index is -0.310. The zero-order valence-corrected chi connectivity index (χ0v) is 13.3. The fraction of sp³-hybridized carbons (Fsp3) is 0.588. The van der Waals surface area contributed by atoms with Gasteiger partial charge in [-0.15, -0.1) is 0 Å². The number of piperidine rings is 1. The quantitative estimate of drug-likeness (QED) is 0.896. The molecule has 2 aliphatic rings. The van der Waals surface area contributed by atoms with Gasteiger partial charge in [0.05, 0.1) is 12.6 Å². The number of aliphatic hydroxyl groups excluding tert-OH is 1. The zero-order chi connectivity index (χ0) is 16.2. The molecular formula is C17H24FN3O2. The van der Waals surface area contributed by atoms with Gasteiger partial charge in [0.2, 0.25) is 5.91 Å². The second-order valence-electron chi connectivity index (χ2n) is 6.23. The number of carbonyl (C=O) groups excluding carboxylic acids is 1. The first kappa shape index (κ1) is 16.4. The van der Waals surface area contributed by atoms with Crippen LogP contribution >= 0.6 is 0 Å². The van der Waals surface area contributed by atoms with Crippen molar-refractivity contribution in [1.82, 2.24) is 9.80 Å². The number of anilines is 1. The monoisotopic (exact) mass is 321 g/mol. The standard InChI is InChI=1S/C17H24FN3O2/c18-14-3-1-4-15(13-14)21-6-2-5-16(17(21)23)20-9-7-19(8-10-20)11-12-22/h1,3-4,13,16,22H,2,5-12H2. The Kier molecular flexibility index (Phi) is 5.25. The molecule has 1 unspecified atom stereocenters. The number of halogens is 1. The maximum absolute atomic E-state index is 13.4. The summed E-state index contributed by atoms with van der Waals surface area (Å²) in [5.41, 5.74) is 0.651. The lowest BCUT2D eigenvalue weighted by Crippen LogP contribution is -2.58. The number of aliphatic hydroxyl groups is 1. The molecule has 1 N–H and O–H groups in total. The van der Waals surface area contributed by atoms with E-state index in [1.165, 1.54) is 12.1 Å². The number of rotatable bonds is 4. The average molecular weight is 321 g/mol. The van der Waals surface area contributed by atoms with Gasteiger partial charge in [0.25, 0.3) is 0 Å². The van der Waals surface area contributed by atoms with Crippen molar-refractivity contribution >= 4 is 11.6 Å². The molecule has 2 heterocycles. The molecule has 0 spiro atoms. The normalized spacial score (nSPS) is 24.2. The molecule has 0 aliphatic carbocycles. The Labute approximate surface area is 136 Å². The highest BCUT2D eigenvalue weighted by Crippen LogP contribution is 2.25. The number of hydrogen-bond donors (Lipinski definition) is 1. The van der Waals surface area contributed by atoms with Crippen LogP contribution in [0.4, 0.5) is 10.1 Å². The van der Waals surface area contributed by atoms with Crippen LogP contribution in [0.15, 0.2) is 24.3 Å². The topological polar surface area (TPSA) is 47.0 Å². The van der Waals surface area contributed by atoms with Gasteiger partial charge in [-0.25, -0.2) is 4.39 Å². The Morgan fingerprint density at radius 2 is 1.96 bits per heavy atom. The molecule has 0 radical (unpaired) electrons. The van der Waals surface area contributed by atoms with E-state index in [1.54, 1.807) is 17.0 Å². The third kappa shape index (κ3) is 3.71. The maximum atomic E-state index is 13.4. The van der Waals surface area contributed by atoms with Crippen LogP contribution in [0.5, 0.6) is 0 Å². The third-order valence-corrected chi connectivity index (χ3v) is 4.79. The molecule has 2 aliphatic heterocycles. The highest BCUT2D eigenvalue weighted by atomic mass is 19.1. The molecule has 1 aromatic rings. The van der Waals surface area contributed by atoms with Crippen molar-refractivity contribution in [1.29, 1.82) is 0 Å². The predicted molar refractivity (Wildman–Crippen MR) is 86.9 cm³/mol. The first-order chi connectivity index (χ1) is 11.2. The van der Waals surface area contributed by atoms with Crippen molar-refractivity contribution in [3.8, 4) is 0 Å². The highest BCUT2D eigenvalue weighted by molar-refractivity contribution is 5.97. The lowest BCUT2D eigenvalue weighted by atomic mass is 10.0. The van der Waals surface area contributed by atoms with E-state index in [4.69, 9.17) is 5.11 Å². The summed E-state index contributed by atoms with van der Waals surface area (Å²) in [7, 11) is 0. The van der Waals surface area contributed by atoms with Crippen LogP contribution < -0.4 is 4.90 Å². The molecule has 0 bridgehead atoms. The molecule has 23 heavy (non-hydrogen) atoms. The molecule has 126 valence electrons. The first-order valence-electron chi connectivity index (χ1n) is 8.33. The number of amides is 1. The summed E-state index contributed by atoms with van der Waals surface area (Å²) in [5, 5.41) is 9.01. The van der Waals surface area contributed by atoms with Gasteiger partial charge in [-0.05, 0) is 31.0 Å². The van der Waals surface area contributed by atoms with E-state index in [-0.39, 0.29) is 24.4 Å². The van der Waals surface area contributed by atoms with Crippen LogP contribution in [0.2, 0.25) is 0 Å². The zero-order valence-electron chi connectivity index (χ0n) is 13.3. The van der Waals surface area contributed by atoms with Crippen LogP contribution in [0.1, 0.15) is 12.8 Å². The van der Waals surface area contributed by atoms with Crippen LogP contribution in [0.25, 0.3) is 0 Å². The van der Waals surface area contributed by atoms with Crippen molar-refractivity contribution in [2.24, 2.45) is 0 Å². The number of benzene rings is 1. The summed E-state index contributed by atoms with van der Waals surface area (Å²) in [5.74, 6) is -0.229. The van der Waals surface area contributed by atoms with Crippen LogP contribution in [0.3, 0.4) is 0 Å². The first-order valence-corrected chi connectivity index (χ1v) is 8.33. The van der Waals surface area contributed by atoms with E-state index in [1.807, 2.05) is 0 Å². The lowest BCUT2D eigenvalue weighted by molar-refractivity contribution is -0.126. The summed E-state index contributed by atoms with van der Waals surface area (Å²) >= 11 is 0. The molecule has 1 amide bonds. The number of nitrogens with zero attached hydrogens (tertiary/aromatic N) is 3. The van der Waals surface area contributed by atoms with E-state index in [0.717, 1.165) is 39.0 Å². The van der Waals surface area contributed by atoms with Gasteiger partial charge in [0.15, 0.2) is 0 Å². The SMILES string of the molecule is O=C1C(N2CCN(CCO)CC2)CCCN1c1cccc(F)c1. The Morgan fingerprint density at radius 3 is 2.65 bits per heavy atom. The van der Waals surface area contributed by atoms with E-state index in [0.29, 0.717) is 18.8 Å². The number of carbonyl (C=O) groups is 1. The van der Waals surface area contributed by atoms with Gasteiger partial charge in [-0.2, -0.15) is 0 Å². The molecule has 0 aromatic heterocycles. The predicted octanol–water partition coefficient (Wildman–Crippen LogP) is 0.931. The molecule has 3 rings (SSSR count). The minimum absolute atomic E-state index is 0.0810. The number of hydrogen-bond acceptors (Lipinski definition) is 4. The van der Waals surface area contributed by atoms with Gasteiger partial charge >= 0.3 is 0 Å². The summed E-state index contributed by atoms with van der Waals surface area (Å²) in [6, 6.07) is 6.16. The van der Waals surface area contributed by atoms with E-state index >= 15 is 0 Å². The molecule has 5 nitrogen and oxygen atoms in total. The van der Waals surface area contributed by atoms with Crippen molar-refractivity contribution in [2.75, 3.05) is 50.8 Å². The van der Waals surface area contributed by atoms with Gasteiger partial charge in [-0.3, -0.25) is 14.6 Å². The van der Waals surface area contributed by atoms with Crippen molar-refractivity contribution in [2.45, 2.75) is 18.9 Å². The molecule has 1 atom stereocenters. The molecule has 1 aromatic carbocycles. The fourth-order valence-electron chi connectivity index (χ4n) is 3.54. The van der Waals surface area contributed by atoms with Crippen LogP contribution in [-0.4, -0.2) is 72.7 Å². The van der Waals surface area contributed by atoms with Crippen molar-refractivity contribution < 1.29 is 14.3 Å². The second kappa shape index (κ2) is 7.38. The fourth-order valence-corrected chi connectivity index (χ4v) is 3.54. The van der Waals surface area contributed by atoms with Crippen molar-refractivity contribution in [3.05, 3.63) is 30.1 Å². The smallest absolute Gasteiger partial charge is 0.244 e. The van der Waals surface area contributed by atoms with Gasteiger partial charge in [0.1, 0.15) is 5.82 Å². The van der Waals surface area contributed by atoms with E-state index in [9.17, 15) is 9.18 Å². The Hall–Kier alpha value is -1.50. The van der Waals surface area contributed by atoms with E-state index in [2.05, 4.69) is 9.80 Å². The highest BCUT2D eigenvalue weighted by Gasteiger charge is 2.35. The molecule has 6 heteroatoms. The van der Waals surface area contributed by atoms with Gasteiger partial charge < -0.3 is 10.0 Å². The summed E-state index contributed by atoms with van der Waals surface area (Å²) in [4.78, 5) is 19.0. The molecule has 2 saturated heterocycles. The average Bonchev–Trinajstić information content (AvgIpc) is 2.56. The molecule has 0 saturated carbocycles. The summed E-state index contributed by atoms with van der Waals surface area (Å²) in [6.07, 6.45) is 1.80. The molecular weight excluding hydrogens is 297 g/mol. The van der Waals surface area contributed by atoms with Gasteiger partial charge in [-0.1, -0.05) is 6.07 Å². The van der Waals surface area contributed by atoms with Crippen molar-refractivity contribution in [3.63, 3.8) is 0 Å². The van der Waals surface area contributed by atoms with Crippen LogP contribution in [0, 0.1) is 5.82 Å². The number of piperazine rings is 1. The Balaban J connectivity index is 1.66. The second-order valence-corrected chi connectivity index (χ2v) is 6.23. The maximum Gasteiger partial charge on any atom is 0.244 e. The lowest BCUT2D eigenvalue weighted by Gasteiger charge is -2.42. The largest absolute Gasteiger partial charge is 0.395 e. The molecule has 2 fully saturated rings. The minimum Gasteiger partial charge on any atom is -0.395 e. The third-order valence-electron chi connectivity index (χ3n) is 4.79. The van der Waals surface area contributed by atoms with E-state index < -0.39 is 0 Å². The van der Waals surface area contributed by atoms with Crippen LogP contribution in [-0.2, 0) is 4.79 Å². The Morgan fingerprint density at radius 1 is 1.17 bits per heavy atom. The Bertz CT molecular complexity index is 546. The van der Waals surface area contributed by atoms with Gasteiger partial charge in [0, 0.05) is 45.0 Å². The number of β-amino-alcohol motifs (C(OH)–C–C–N with tert-alkyl or cyclic N) is 1. The summed E-state index contributed by atoms with van der Waals surface area (Å²) < 4.78 is 13.4.